The van der Waals surface area contributed by atoms with Crippen LogP contribution in [0.15, 0.2) is 18.2 Å². The molecule has 0 heterocycles. The fraction of sp³-hybridized carbons (Fsp3) is 0.538. The summed E-state index contributed by atoms with van der Waals surface area (Å²) in [5.41, 5.74) is -0.480. The van der Waals surface area contributed by atoms with Crippen LogP contribution in [-0.2, 0) is 15.8 Å². The van der Waals surface area contributed by atoms with E-state index in [4.69, 9.17) is 5.11 Å². The maximum atomic E-state index is 13.5. The molecule has 0 radical (unpaired) electrons. The van der Waals surface area contributed by atoms with Crippen LogP contribution in [-0.4, -0.2) is 26.2 Å². The molecular formula is C13H19F2NO3S. The summed E-state index contributed by atoms with van der Waals surface area (Å²) in [5.74, 6) is -2.58. The molecule has 0 saturated heterocycles. The van der Waals surface area contributed by atoms with E-state index in [1.807, 2.05) is 0 Å². The Bertz CT molecular complexity index is 526. The fourth-order valence-electron chi connectivity index (χ4n) is 1.80. The van der Waals surface area contributed by atoms with Gasteiger partial charge in [-0.05, 0) is 24.5 Å². The number of benzene rings is 1. The van der Waals surface area contributed by atoms with Crippen molar-refractivity contribution in [3.8, 4) is 0 Å². The van der Waals surface area contributed by atoms with E-state index in [0.717, 1.165) is 12.1 Å². The Labute approximate surface area is 117 Å². The third-order valence-electron chi connectivity index (χ3n) is 2.97. The Morgan fingerprint density at radius 2 is 1.80 bits per heavy atom. The zero-order valence-corrected chi connectivity index (χ0v) is 12.3. The molecule has 1 atom stereocenters. The lowest BCUT2D eigenvalue weighted by molar-refractivity contribution is 0.256. The van der Waals surface area contributed by atoms with E-state index in [1.165, 1.54) is 6.07 Å². The van der Waals surface area contributed by atoms with Gasteiger partial charge in [0.2, 0.25) is 10.0 Å². The molecule has 0 fully saturated rings. The molecule has 0 bridgehead atoms. The number of sulfonamides is 1. The van der Waals surface area contributed by atoms with E-state index in [0.29, 0.717) is 0 Å². The summed E-state index contributed by atoms with van der Waals surface area (Å²) in [7, 11) is -3.89. The number of nitrogens with one attached hydrogen (secondary N) is 1. The third-order valence-corrected chi connectivity index (χ3v) is 4.30. The van der Waals surface area contributed by atoms with Crippen molar-refractivity contribution in [3.05, 3.63) is 35.4 Å². The lowest BCUT2D eigenvalue weighted by Gasteiger charge is -2.21. The van der Waals surface area contributed by atoms with Gasteiger partial charge in [-0.2, -0.15) is 0 Å². The van der Waals surface area contributed by atoms with Gasteiger partial charge in [-0.1, -0.05) is 19.9 Å². The zero-order chi connectivity index (χ0) is 15.3. The van der Waals surface area contributed by atoms with Gasteiger partial charge in [0, 0.05) is 18.2 Å². The van der Waals surface area contributed by atoms with Crippen LogP contribution >= 0.6 is 0 Å². The second-order valence-electron chi connectivity index (χ2n) is 4.94. The molecule has 1 aromatic rings. The number of aliphatic hydroxyl groups is 1. The minimum Gasteiger partial charge on any atom is -0.396 e. The Kier molecular flexibility index (Phi) is 6.04. The molecule has 0 aliphatic heterocycles. The second-order valence-corrected chi connectivity index (χ2v) is 6.69. The first-order valence-corrected chi connectivity index (χ1v) is 7.96. The quantitative estimate of drug-likeness (QED) is 0.807. The van der Waals surface area contributed by atoms with Gasteiger partial charge in [-0.3, -0.25) is 0 Å². The molecule has 1 unspecified atom stereocenters. The van der Waals surface area contributed by atoms with Gasteiger partial charge < -0.3 is 5.11 Å². The van der Waals surface area contributed by atoms with Crippen molar-refractivity contribution in [1.29, 1.82) is 0 Å². The van der Waals surface area contributed by atoms with Crippen molar-refractivity contribution in [2.24, 2.45) is 5.92 Å². The Balaban J connectivity index is 2.89. The maximum absolute atomic E-state index is 13.5. The molecule has 114 valence electrons. The van der Waals surface area contributed by atoms with Crippen LogP contribution in [0.5, 0.6) is 0 Å². The highest BCUT2D eigenvalue weighted by atomic mass is 32.2. The summed E-state index contributed by atoms with van der Waals surface area (Å²) in [4.78, 5) is 0. The number of aliphatic hydroxyl groups excluding tert-OH is 1. The first-order valence-electron chi connectivity index (χ1n) is 6.30. The molecule has 0 aromatic heterocycles. The number of hydrogen-bond donors (Lipinski definition) is 2. The van der Waals surface area contributed by atoms with E-state index in [9.17, 15) is 17.2 Å². The summed E-state index contributed by atoms with van der Waals surface area (Å²) in [6.07, 6.45) is 0.247. The van der Waals surface area contributed by atoms with Crippen LogP contribution in [0.1, 0.15) is 25.8 Å². The molecule has 0 spiro atoms. The van der Waals surface area contributed by atoms with Crippen molar-refractivity contribution in [1.82, 2.24) is 4.72 Å². The standard InChI is InChI=1S/C13H19F2NO3S/c1-9(2)13(6-7-17)16-20(18,19)8-10-11(14)4-3-5-12(10)15/h3-5,9,13,16-17H,6-8H2,1-2H3. The van der Waals surface area contributed by atoms with Crippen LogP contribution in [0.4, 0.5) is 8.78 Å². The smallest absolute Gasteiger partial charge is 0.216 e. The first-order chi connectivity index (χ1) is 9.26. The van der Waals surface area contributed by atoms with Crippen LogP contribution in [0.3, 0.4) is 0 Å². The Hall–Kier alpha value is -1.05. The predicted molar refractivity (Wildman–Crippen MR) is 72.4 cm³/mol. The summed E-state index contributed by atoms with van der Waals surface area (Å²) in [6.45, 7) is 3.43. The van der Waals surface area contributed by atoms with Crippen molar-refractivity contribution < 1.29 is 22.3 Å². The molecule has 20 heavy (non-hydrogen) atoms. The molecular weight excluding hydrogens is 288 g/mol. The lowest BCUT2D eigenvalue weighted by Crippen LogP contribution is -2.40. The average Bonchev–Trinajstić information content (AvgIpc) is 2.33. The third kappa shape index (κ3) is 4.81. The SMILES string of the molecule is CC(C)C(CCO)NS(=O)(=O)Cc1c(F)cccc1F. The van der Waals surface area contributed by atoms with Crippen molar-refractivity contribution in [2.75, 3.05) is 6.61 Å². The second kappa shape index (κ2) is 7.10. The minimum atomic E-state index is -3.89. The van der Waals surface area contributed by atoms with Gasteiger partial charge in [0.25, 0.3) is 0 Å². The predicted octanol–water partition coefficient (Wildman–Crippen LogP) is 1.79. The Morgan fingerprint density at radius 1 is 1.25 bits per heavy atom. The molecule has 4 nitrogen and oxygen atoms in total. The number of hydrogen-bond acceptors (Lipinski definition) is 3. The van der Waals surface area contributed by atoms with Crippen LogP contribution < -0.4 is 4.72 Å². The molecule has 0 aliphatic carbocycles. The van der Waals surface area contributed by atoms with Gasteiger partial charge in [0.15, 0.2) is 0 Å². The fourth-order valence-corrected chi connectivity index (χ4v) is 3.39. The van der Waals surface area contributed by atoms with Gasteiger partial charge >= 0.3 is 0 Å². The van der Waals surface area contributed by atoms with Gasteiger partial charge in [0.1, 0.15) is 11.6 Å². The summed E-state index contributed by atoms with van der Waals surface area (Å²) in [6, 6.07) is 2.74. The van der Waals surface area contributed by atoms with Crippen molar-refractivity contribution in [3.63, 3.8) is 0 Å². The molecule has 7 heteroatoms. The van der Waals surface area contributed by atoms with Crippen molar-refractivity contribution in [2.45, 2.75) is 32.1 Å². The van der Waals surface area contributed by atoms with Crippen LogP contribution in [0.25, 0.3) is 0 Å². The average molecular weight is 307 g/mol. The molecule has 0 aliphatic rings. The number of halogens is 2. The first kappa shape index (κ1) is 17.0. The minimum absolute atomic E-state index is 0.0395. The molecule has 2 N–H and O–H groups in total. The topological polar surface area (TPSA) is 66.4 Å². The van der Waals surface area contributed by atoms with Crippen molar-refractivity contribution >= 4 is 10.0 Å². The number of rotatable bonds is 7. The Morgan fingerprint density at radius 3 is 2.25 bits per heavy atom. The lowest BCUT2D eigenvalue weighted by atomic mass is 10.0. The van der Waals surface area contributed by atoms with Gasteiger partial charge in [-0.15, -0.1) is 0 Å². The van der Waals surface area contributed by atoms with Crippen LogP contribution in [0, 0.1) is 17.6 Å². The summed E-state index contributed by atoms with van der Waals surface area (Å²) < 4.78 is 53.2. The van der Waals surface area contributed by atoms with E-state index in [-0.39, 0.29) is 18.9 Å². The van der Waals surface area contributed by atoms with E-state index in [1.54, 1.807) is 13.8 Å². The van der Waals surface area contributed by atoms with Crippen LogP contribution in [0.2, 0.25) is 0 Å². The van der Waals surface area contributed by atoms with E-state index >= 15 is 0 Å². The van der Waals surface area contributed by atoms with Gasteiger partial charge in [0.05, 0.1) is 5.75 Å². The molecule has 1 rings (SSSR count). The largest absolute Gasteiger partial charge is 0.396 e. The summed E-state index contributed by atoms with van der Waals surface area (Å²) in [5, 5.41) is 8.91. The summed E-state index contributed by atoms with van der Waals surface area (Å²) >= 11 is 0. The highest BCUT2D eigenvalue weighted by molar-refractivity contribution is 7.88. The molecule has 0 saturated carbocycles. The molecule has 1 aromatic carbocycles. The monoisotopic (exact) mass is 307 g/mol. The molecule has 0 amide bonds. The normalized spacial score (nSPS) is 13.7. The van der Waals surface area contributed by atoms with E-state index in [2.05, 4.69) is 4.72 Å². The zero-order valence-electron chi connectivity index (χ0n) is 11.4. The van der Waals surface area contributed by atoms with E-state index < -0.39 is 39.0 Å². The highest BCUT2D eigenvalue weighted by Crippen LogP contribution is 2.16. The highest BCUT2D eigenvalue weighted by Gasteiger charge is 2.23. The van der Waals surface area contributed by atoms with Gasteiger partial charge in [-0.25, -0.2) is 21.9 Å². The maximum Gasteiger partial charge on any atom is 0.216 e.